The smallest absolute Gasteiger partial charge is 0.0680 e. The van der Waals surface area contributed by atoms with E-state index in [0.29, 0.717) is 0 Å². The summed E-state index contributed by atoms with van der Waals surface area (Å²) in [6.07, 6.45) is 5.96. The molecule has 1 aliphatic rings. The predicted molar refractivity (Wildman–Crippen MR) is 60.5 cm³/mol. The van der Waals surface area contributed by atoms with Gasteiger partial charge in [-0.25, -0.2) is 0 Å². The number of H-pyrrole nitrogens is 1. The maximum Gasteiger partial charge on any atom is 0.0680 e. The summed E-state index contributed by atoms with van der Waals surface area (Å²) < 4.78 is 0. The Labute approximate surface area is 84.1 Å². The summed E-state index contributed by atoms with van der Waals surface area (Å²) in [6.45, 7) is 6.24. The van der Waals surface area contributed by atoms with Crippen molar-refractivity contribution in [2.24, 2.45) is 4.99 Å². The Morgan fingerprint density at radius 3 is 2.57 bits per heavy atom. The molecule has 0 spiro atoms. The van der Waals surface area contributed by atoms with E-state index < -0.39 is 0 Å². The molecular weight excluding hydrogens is 172 g/mol. The second-order valence-corrected chi connectivity index (χ2v) is 3.71. The first-order chi connectivity index (χ1) is 6.66. The highest BCUT2D eigenvalue weighted by atomic mass is 14.8. The van der Waals surface area contributed by atoms with Gasteiger partial charge >= 0.3 is 0 Å². The monoisotopic (exact) mass is 186 g/mol. The van der Waals surface area contributed by atoms with Crippen LogP contribution in [0.15, 0.2) is 28.4 Å². The summed E-state index contributed by atoms with van der Waals surface area (Å²) in [7, 11) is 0. The molecule has 2 heteroatoms. The van der Waals surface area contributed by atoms with Gasteiger partial charge in [0.1, 0.15) is 0 Å². The molecule has 0 aliphatic carbocycles. The number of aromatic nitrogens is 1. The molecule has 0 amide bonds. The zero-order valence-electron chi connectivity index (χ0n) is 8.76. The molecule has 0 atom stereocenters. The van der Waals surface area contributed by atoms with Gasteiger partial charge in [-0.2, -0.15) is 0 Å². The highest BCUT2D eigenvalue weighted by molar-refractivity contribution is 5.81. The Balaban J connectivity index is 2.38. The quantitative estimate of drug-likeness (QED) is 0.698. The van der Waals surface area contributed by atoms with Gasteiger partial charge in [-0.3, -0.25) is 4.99 Å². The lowest BCUT2D eigenvalue weighted by Crippen LogP contribution is -1.80. The Morgan fingerprint density at radius 2 is 2.07 bits per heavy atom. The SMILES string of the molecule is CC1=CC=N/C1=C\c1[nH]c(C)cc1C. The molecule has 1 aromatic rings. The molecule has 0 bridgehead atoms. The fourth-order valence-electron chi connectivity index (χ4n) is 1.60. The fraction of sp³-hybridized carbons (Fsp3) is 0.250. The Kier molecular flexibility index (Phi) is 2.12. The second-order valence-electron chi connectivity index (χ2n) is 3.71. The number of aromatic amines is 1. The lowest BCUT2D eigenvalue weighted by atomic mass is 10.2. The van der Waals surface area contributed by atoms with Crippen LogP contribution in [0, 0.1) is 13.8 Å². The summed E-state index contributed by atoms with van der Waals surface area (Å²) in [5, 5.41) is 0. The predicted octanol–water partition coefficient (Wildman–Crippen LogP) is 3.00. The average molecular weight is 186 g/mol. The van der Waals surface area contributed by atoms with E-state index in [0.717, 1.165) is 11.4 Å². The minimum atomic E-state index is 1.05. The van der Waals surface area contributed by atoms with E-state index in [9.17, 15) is 0 Å². The zero-order valence-corrected chi connectivity index (χ0v) is 8.76. The number of aryl methyl sites for hydroxylation is 2. The Morgan fingerprint density at radius 1 is 1.29 bits per heavy atom. The first-order valence-corrected chi connectivity index (χ1v) is 4.76. The molecule has 1 aliphatic heterocycles. The molecule has 0 unspecified atom stereocenters. The highest BCUT2D eigenvalue weighted by Gasteiger charge is 2.05. The molecule has 14 heavy (non-hydrogen) atoms. The van der Waals surface area contributed by atoms with Crippen molar-refractivity contribution in [3.05, 3.63) is 40.4 Å². The Bertz CT molecular complexity index is 445. The minimum Gasteiger partial charge on any atom is -0.359 e. The summed E-state index contributed by atoms with van der Waals surface area (Å²) in [5.74, 6) is 0. The van der Waals surface area contributed by atoms with Crippen molar-refractivity contribution in [3.63, 3.8) is 0 Å². The van der Waals surface area contributed by atoms with E-state index in [1.807, 2.05) is 12.3 Å². The lowest BCUT2D eigenvalue weighted by Gasteiger charge is -1.96. The topological polar surface area (TPSA) is 28.1 Å². The van der Waals surface area contributed by atoms with Crippen LogP contribution in [0.2, 0.25) is 0 Å². The first kappa shape index (κ1) is 9.00. The van der Waals surface area contributed by atoms with E-state index in [-0.39, 0.29) is 0 Å². The van der Waals surface area contributed by atoms with Crippen molar-refractivity contribution in [2.45, 2.75) is 20.8 Å². The normalized spacial score (nSPS) is 17.9. The lowest BCUT2D eigenvalue weighted by molar-refractivity contribution is 1.23. The zero-order chi connectivity index (χ0) is 10.1. The number of hydrogen-bond donors (Lipinski definition) is 1. The molecule has 1 N–H and O–H groups in total. The summed E-state index contributed by atoms with van der Waals surface area (Å²) in [6, 6.07) is 2.14. The average Bonchev–Trinajstić information content (AvgIpc) is 2.62. The van der Waals surface area contributed by atoms with Crippen LogP contribution in [-0.2, 0) is 0 Å². The van der Waals surface area contributed by atoms with Crippen LogP contribution >= 0.6 is 0 Å². The standard InChI is InChI=1S/C12H14N2/c1-8-4-5-13-11(8)7-12-9(2)6-10(3)14-12/h4-7,14H,1-3H3/b11-7-. The number of aliphatic imine (C=N–C) groups is 1. The third-order valence-electron chi connectivity index (χ3n) is 2.41. The number of nitrogens with zero attached hydrogens (tertiary/aromatic N) is 1. The molecule has 2 heterocycles. The highest BCUT2D eigenvalue weighted by Crippen LogP contribution is 2.20. The molecule has 0 fully saturated rings. The fourth-order valence-corrected chi connectivity index (χ4v) is 1.60. The van der Waals surface area contributed by atoms with Gasteiger partial charge in [0.2, 0.25) is 0 Å². The van der Waals surface area contributed by atoms with Crippen molar-refractivity contribution in [2.75, 3.05) is 0 Å². The third kappa shape index (κ3) is 1.55. The number of allylic oxidation sites excluding steroid dienone is 2. The molecule has 2 nitrogen and oxygen atoms in total. The largest absolute Gasteiger partial charge is 0.359 e. The van der Waals surface area contributed by atoms with Crippen LogP contribution in [0.25, 0.3) is 6.08 Å². The maximum atomic E-state index is 4.29. The van der Waals surface area contributed by atoms with Gasteiger partial charge in [0, 0.05) is 17.6 Å². The van der Waals surface area contributed by atoms with Crippen LogP contribution in [0.1, 0.15) is 23.9 Å². The Hall–Kier alpha value is -1.57. The first-order valence-electron chi connectivity index (χ1n) is 4.76. The van der Waals surface area contributed by atoms with Gasteiger partial charge in [0.05, 0.1) is 5.70 Å². The molecule has 2 rings (SSSR count). The summed E-state index contributed by atoms with van der Waals surface area (Å²) in [4.78, 5) is 7.60. The molecule has 0 saturated carbocycles. The number of hydrogen-bond acceptors (Lipinski definition) is 1. The van der Waals surface area contributed by atoms with Gasteiger partial charge in [-0.05, 0) is 50.1 Å². The van der Waals surface area contributed by atoms with E-state index in [1.165, 1.54) is 16.8 Å². The van der Waals surface area contributed by atoms with E-state index in [4.69, 9.17) is 0 Å². The maximum absolute atomic E-state index is 4.29. The van der Waals surface area contributed by atoms with Gasteiger partial charge in [0.25, 0.3) is 0 Å². The molecule has 0 radical (unpaired) electrons. The van der Waals surface area contributed by atoms with Crippen molar-refractivity contribution in [3.8, 4) is 0 Å². The second kappa shape index (κ2) is 3.29. The number of nitrogens with one attached hydrogen (secondary N) is 1. The molecule has 1 aromatic heterocycles. The number of rotatable bonds is 1. The van der Waals surface area contributed by atoms with E-state index in [1.54, 1.807) is 0 Å². The molecule has 0 saturated heterocycles. The van der Waals surface area contributed by atoms with Gasteiger partial charge < -0.3 is 4.98 Å². The molecule has 0 aromatic carbocycles. The van der Waals surface area contributed by atoms with Crippen molar-refractivity contribution in [1.82, 2.24) is 4.98 Å². The van der Waals surface area contributed by atoms with Crippen molar-refractivity contribution >= 4 is 12.3 Å². The van der Waals surface area contributed by atoms with Crippen LogP contribution in [0.5, 0.6) is 0 Å². The summed E-state index contributed by atoms with van der Waals surface area (Å²) >= 11 is 0. The van der Waals surface area contributed by atoms with Crippen LogP contribution in [0.3, 0.4) is 0 Å². The molecule has 72 valence electrons. The van der Waals surface area contributed by atoms with E-state index in [2.05, 4.69) is 42.9 Å². The van der Waals surface area contributed by atoms with E-state index >= 15 is 0 Å². The van der Waals surface area contributed by atoms with Crippen LogP contribution in [0.4, 0.5) is 0 Å². The third-order valence-corrected chi connectivity index (χ3v) is 2.41. The minimum absolute atomic E-state index is 1.05. The van der Waals surface area contributed by atoms with Crippen molar-refractivity contribution < 1.29 is 0 Å². The van der Waals surface area contributed by atoms with Crippen LogP contribution in [-0.4, -0.2) is 11.2 Å². The van der Waals surface area contributed by atoms with Gasteiger partial charge in [-0.15, -0.1) is 0 Å². The molecular formula is C12H14N2. The van der Waals surface area contributed by atoms with Crippen LogP contribution < -0.4 is 0 Å². The van der Waals surface area contributed by atoms with Gasteiger partial charge in [-0.1, -0.05) is 0 Å². The van der Waals surface area contributed by atoms with Gasteiger partial charge in [0.15, 0.2) is 0 Å². The van der Waals surface area contributed by atoms with Crippen molar-refractivity contribution in [1.29, 1.82) is 0 Å². The summed E-state index contributed by atoms with van der Waals surface area (Å²) in [5.41, 5.74) is 5.89.